The summed E-state index contributed by atoms with van der Waals surface area (Å²) in [5, 5.41) is 11.4. The average molecular weight is 408 g/mol. The van der Waals surface area contributed by atoms with Crippen LogP contribution in [-0.2, 0) is 28.3 Å². The zero-order chi connectivity index (χ0) is 21.4. The van der Waals surface area contributed by atoms with Gasteiger partial charge in [0.15, 0.2) is 11.9 Å². The first-order valence-corrected chi connectivity index (χ1v) is 9.55. The Morgan fingerprint density at radius 3 is 2.77 bits per heavy atom. The van der Waals surface area contributed by atoms with E-state index in [1.807, 2.05) is 0 Å². The second-order valence-corrected chi connectivity index (χ2v) is 7.69. The number of aldehydes is 1. The lowest BCUT2D eigenvalue weighted by atomic mass is 9.86. The Kier molecular flexibility index (Phi) is 3.76. The number of hydrogen-bond acceptors (Lipinski definition) is 6. The molecular weight excluding hydrogens is 391 g/mol. The van der Waals surface area contributed by atoms with Crippen LogP contribution in [0.25, 0.3) is 22.3 Å². The minimum absolute atomic E-state index is 0.0316. The maximum absolute atomic E-state index is 14.1. The van der Waals surface area contributed by atoms with Gasteiger partial charge < -0.3 is 14.4 Å². The summed E-state index contributed by atoms with van der Waals surface area (Å²) in [7, 11) is 0. The summed E-state index contributed by atoms with van der Waals surface area (Å²) >= 11 is 0. The summed E-state index contributed by atoms with van der Waals surface area (Å²) in [6, 6.07) is 4.39. The highest BCUT2D eigenvalue weighted by Gasteiger charge is 2.45. The number of hydrogen-bond donors (Lipinski definition) is 1. The van der Waals surface area contributed by atoms with Crippen molar-refractivity contribution in [3.63, 3.8) is 0 Å². The molecule has 0 fully saturated rings. The maximum Gasteiger partial charge on any atom is 0.343 e. The van der Waals surface area contributed by atoms with Crippen molar-refractivity contribution in [1.29, 1.82) is 0 Å². The van der Waals surface area contributed by atoms with Gasteiger partial charge in [-0.15, -0.1) is 0 Å². The molecule has 0 unspecified atom stereocenters. The van der Waals surface area contributed by atoms with Gasteiger partial charge in [0, 0.05) is 28.1 Å². The molecule has 2 aromatic heterocycles. The number of ether oxygens (including phenoxy) is 1. The Morgan fingerprint density at radius 1 is 1.30 bits per heavy atom. The normalized spacial score (nSPS) is 19.3. The number of halogens is 1. The Hall–Kier alpha value is -3.39. The number of cyclic esters (lactones) is 1. The summed E-state index contributed by atoms with van der Waals surface area (Å²) < 4.78 is 20.6. The smallest absolute Gasteiger partial charge is 0.343 e. The van der Waals surface area contributed by atoms with Crippen LogP contribution in [0, 0.1) is 12.7 Å². The summed E-state index contributed by atoms with van der Waals surface area (Å²) in [6.07, 6.45) is 0.718. The second kappa shape index (κ2) is 6.06. The molecule has 5 rings (SSSR count). The van der Waals surface area contributed by atoms with Crippen LogP contribution in [0.15, 0.2) is 23.0 Å². The van der Waals surface area contributed by atoms with E-state index in [0.29, 0.717) is 45.3 Å². The van der Waals surface area contributed by atoms with Gasteiger partial charge >= 0.3 is 5.97 Å². The quantitative estimate of drug-likeness (QED) is 0.404. The van der Waals surface area contributed by atoms with E-state index < -0.39 is 22.9 Å². The van der Waals surface area contributed by atoms with Gasteiger partial charge in [-0.2, -0.15) is 0 Å². The molecule has 3 aromatic rings. The molecule has 7 nitrogen and oxygen atoms in total. The van der Waals surface area contributed by atoms with Crippen LogP contribution in [0.5, 0.6) is 0 Å². The molecule has 1 aromatic carbocycles. The molecule has 1 atom stereocenters. The van der Waals surface area contributed by atoms with E-state index >= 15 is 0 Å². The van der Waals surface area contributed by atoms with Crippen molar-refractivity contribution in [3.8, 4) is 11.4 Å². The number of aliphatic hydroxyl groups is 1. The molecule has 0 saturated carbocycles. The van der Waals surface area contributed by atoms with Crippen molar-refractivity contribution >= 4 is 23.2 Å². The third-order valence-electron chi connectivity index (χ3n) is 6.13. The van der Waals surface area contributed by atoms with Gasteiger partial charge in [0.2, 0.25) is 0 Å². The molecule has 0 amide bonds. The van der Waals surface area contributed by atoms with E-state index in [4.69, 9.17) is 4.74 Å². The largest absolute Gasteiger partial charge is 0.458 e. The summed E-state index contributed by atoms with van der Waals surface area (Å²) in [6.45, 7) is 3.11. The molecule has 152 valence electrons. The van der Waals surface area contributed by atoms with Crippen molar-refractivity contribution in [2.24, 2.45) is 0 Å². The molecule has 0 aliphatic carbocycles. The lowest BCUT2D eigenvalue weighted by molar-refractivity contribution is -0.172. The van der Waals surface area contributed by atoms with Crippen molar-refractivity contribution < 1.29 is 23.8 Å². The van der Waals surface area contributed by atoms with E-state index in [9.17, 15) is 23.9 Å². The van der Waals surface area contributed by atoms with Crippen LogP contribution < -0.4 is 5.56 Å². The van der Waals surface area contributed by atoms with Crippen molar-refractivity contribution in [2.75, 3.05) is 0 Å². The molecule has 2 aliphatic heterocycles. The van der Waals surface area contributed by atoms with Crippen LogP contribution in [0.2, 0.25) is 0 Å². The Bertz CT molecular complexity index is 1360. The number of nitrogens with zero attached hydrogens (tertiary/aromatic N) is 2. The summed E-state index contributed by atoms with van der Waals surface area (Å²) in [5.41, 5.74) is 0.368. The Labute approximate surface area is 169 Å². The highest BCUT2D eigenvalue weighted by atomic mass is 19.1. The fraction of sp³-hybridized carbons (Fsp3) is 0.273. The number of fused-ring (bicyclic) bond motifs is 5. The zero-order valence-corrected chi connectivity index (χ0v) is 16.3. The summed E-state index contributed by atoms with van der Waals surface area (Å²) in [4.78, 5) is 41.9. The minimum atomic E-state index is -1.93. The van der Waals surface area contributed by atoms with Gasteiger partial charge in [-0.05, 0) is 31.0 Å². The average Bonchev–Trinajstić information content (AvgIpc) is 3.09. The lowest BCUT2D eigenvalue weighted by Gasteiger charge is -2.31. The number of pyridine rings is 2. The third kappa shape index (κ3) is 2.22. The van der Waals surface area contributed by atoms with E-state index in [-0.39, 0.29) is 30.7 Å². The molecule has 2 aliphatic rings. The highest BCUT2D eigenvalue weighted by molar-refractivity contribution is 6.01. The summed E-state index contributed by atoms with van der Waals surface area (Å²) in [5.74, 6) is -1.26. The standard InChI is InChI=1S/C22H17FN2O5/c1-3-22(29)15-5-18-19-12(7-25(18)20(27)14(15)9-30-21(22)28)13(8-26)11-4-10(2)16(23)6-17(11)24-19/h4-6,8,29H,3,7,9H2,1-2H3/t22-/m0/s1. The number of aromatic nitrogens is 2. The first-order valence-electron chi connectivity index (χ1n) is 9.55. The predicted octanol–water partition coefficient (Wildman–Crippen LogP) is 2.34. The van der Waals surface area contributed by atoms with Crippen molar-refractivity contribution in [2.45, 2.75) is 39.0 Å². The number of aryl methyl sites for hydroxylation is 1. The first-order chi connectivity index (χ1) is 14.3. The highest BCUT2D eigenvalue weighted by Crippen LogP contribution is 2.40. The Morgan fingerprint density at radius 2 is 2.07 bits per heavy atom. The molecule has 4 heterocycles. The van der Waals surface area contributed by atoms with E-state index in [1.54, 1.807) is 26.0 Å². The zero-order valence-electron chi connectivity index (χ0n) is 16.3. The molecule has 0 spiro atoms. The molecule has 8 heteroatoms. The van der Waals surface area contributed by atoms with Gasteiger partial charge in [0.05, 0.1) is 29.0 Å². The lowest BCUT2D eigenvalue weighted by Crippen LogP contribution is -2.44. The predicted molar refractivity (Wildman–Crippen MR) is 105 cm³/mol. The number of carbonyl (C=O) groups excluding carboxylic acids is 2. The molecule has 0 saturated heterocycles. The first kappa shape index (κ1) is 18.6. The monoisotopic (exact) mass is 408 g/mol. The maximum atomic E-state index is 14.1. The van der Waals surface area contributed by atoms with Crippen molar-refractivity contribution in [3.05, 3.63) is 62.2 Å². The minimum Gasteiger partial charge on any atom is -0.458 e. The van der Waals surface area contributed by atoms with Crippen LogP contribution in [0.1, 0.15) is 46.0 Å². The van der Waals surface area contributed by atoms with Crippen LogP contribution in [0.3, 0.4) is 0 Å². The molecular formula is C22H17FN2O5. The second-order valence-electron chi connectivity index (χ2n) is 7.69. The fourth-order valence-electron chi connectivity index (χ4n) is 4.37. The van der Waals surface area contributed by atoms with Gasteiger partial charge in [0.1, 0.15) is 12.4 Å². The van der Waals surface area contributed by atoms with Gasteiger partial charge in [-0.1, -0.05) is 6.92 Å². The van der Waals surface area contributed by atoms with Gasteiger partial charge in [-0.25, -0.2) is 14.2 Å². The number of esters is 1. The van der Waals surface area contributed by atoms with Crippen LogP contribution in [-0.4, -0.2) is 26.9 Å². The van der Waals surface area contributed by atoms with Gasteiger partial charge in [0.25, 0.3) is 5.56 Å². The van der Waals surface area contributed by atoms with E-state index in [0.717, 1.165) is 0 Å². The third-order valence-corrected chi connectivity index (χ3v) is 6.13. The van der Waals surface area contributed by atoms with E-state index in [2.05, 4.69) is 4.98 Å². The number of rotatable bonds is 2. The topological polar surface area (TPSA) is 98.5 Å². The fourth-order valence-corrected chi connectivity index (χ4v) is 4.37. The van der Waals surface area contributed by atoms with Crippen molar-refractivity contribution in [1.82, 2.24) is 9.55 Å². The Balaban J connectivity index is 1.86. The molecule has 1 N–H and O–H groups in total. The van der Waals surface area contributed by atoms with E-state index in [1.165, 1.54) is 10.6 Å². The van der Waals surface area contributed by atoms with Crippen LogP contribution >= 0.6 is 0 Å². The number of benzene rings is 1. The van der Waals surface area contributed by atoms with Gasteiger partial charge in [-0.3, -0.25) is 9.59 Å². The molecule has 30 heavy (non-hydrogen) atoms. The molecule has 0 bridgehead atoms. The number of carbonyl (C=O) groups is 2. The van der Waals surface area contributed by atoms with Crippen LogP contribution in [0.4, 0.5) is 4.39 Å². The SMILES string of the molecule is CC[C@@]1(O)C(=O)OCc2c1cc1n(c2=O)Cc2c-1nc1cc(F)c(C)cc1c2C=O. The molecule has 0 radical (unpaired) electrons.